The van der Waals surface area contributed by atoms with Gasteiger partial charge in [0.15, 0.2) is 0 Å². The Kier molecular flexibility index (Phi) is 6.27. The molecule has 0 saturated carbocycles. The summed E-state index contributed by atoms with van der Waals surface area (Å²) < 4.78 is 23.3. The van der Waals surface area contributed by atoms with Gasteiger partial charge < -0.3 is 9.42 Å². The molecule has 0 saturated heterocycles. The number of rotatable bonds is 1. The Bertz CT molecular complexity index is 79.0. The monoisotopic (exact) mass is 136 g/mol. The molecule has 0 spiro atoms. The summed E-state index contributed by atoms with van der Waals surface area (Å²) in [4.78, 5) is 9.14. The molecule has 0 aromatic carbocycles. The van der Waals surface area contributed by atoms with Crippen molar-refractivity contribution in [3.63, 3.8) is 0 Å². The van der Waals surface area contributed by atoms with Crippen LogP contribution in [0.4, 0.5) is 4.20 Å². The second-order valence-corrected chi connectivity index (χ2v) is 1.84. The maximum atomic E-state index is 10.9. The van der Waals surface area contributed by atoms with E-state index in [0.29, 0.717) is 0 Å². The first-order valence-electron chi connectivity index (χ1n) is 1.13. The molecule has 7 heavy (non-hydrogen) atoms. The van der Waals surface area contributed by atoms with Crippen LogP contribution < -0.4 is 34.5 Å². The van der Waals surface area contributed by atoms with Crippen LogP contribution >= 0.6 is 7.91 Å². The molecular weight excluding hydrogens is 133 g/mol. The van der Waals surface area contributed by atoms with E-state index in [0.717, 1.165) is 7.11 Å². The average molecular weight is 136 g/mol. The summed E-state index contributed by atoms with van der Waals surface area (Å²) in [5, 5.41) is 0. The Balaban J connectivity index is 0. The van der Waals surface area contributed by atoms with Crippen molar-refractivity contribution in [1.82, 2.24) is 0 Å². The van der Waals surface area contributed by atoms with Gasteiger partial charge in [-0.05, 0) is 0 Å². The van der Waals surface area contributed by atoms with Crippen LogP contribution in [0.2, 0.25) is 0 Å². The Hall–Kier alpha value is 1.08. The predicted molar refractivity (Wildman–Crippen MR) is 15.7 cm³/mol. The van der Waals surface area contributed by atoms with Gasteiger partial charge >= 0.3 is 37.5 Å². The van der Waals surface area contributed by atoms with Crippen LogP contribution in [0.1, 0.15) is 0 Å². The minimum absolute atomic E-state index is 0. The second kappa shape index (κ2) is 4.01. The zero-order valence-electron chi connectivity index (χ0n) is 4.05. The smallest absolute Gasteiger partial charge is 0.753 e. The third-order valence-corrected chi connectivity index (χ3v) is 0.654. The van der Waals surface area contributed by atoms with E-state index in [4.69, 9.17) is 9.46 Å². The van der Waals surface area contributed by atoms with Gasteiger partial charge in [0.2, 0.25) is 0 Å². The normalized spacial score (nSPS) is 17.0. The van der Waals surface area contributed by atoms with Crippen molar-refractivity contribution in [3.8, 4) is 0 Å². The van der Waals surface area contributed by atoms with Crippen LogP contribution in [-0.2, 0) is 9.09 Å². The molecule has 0 heterocycles. The van der Waals surface area contributed by atoms with E-state index in [2.05, 4.69) is 4.52 Å². The number of hydrogen-bond acceptors (Lipinski definition) is 3. The summed E-state index contributed by atoms with van der Waals surface area (Å²) in [5.74, 6) is 0. The van der Waals surface area contributed by atoms with E-state index in [-0.39, 0.29) is 29.6 Å². The van der Waals surface area contributed by atoms with Gasteiger partial charge in [-0.25, -0.2) is 0 Å². The van der Waals surface area contributed by atoms with Crippen molar-refractivity contribution in [1.29, 1.82) is 0 Å². The Morgan fingerprint density at radius 3 is 2.00 bits per heavy atom. The fourth-order valence-corrected chi connectivity index (χ4v) is 0. The van der Waals surface area contributed by atoms with Gasteiger partial charge in [-0.2, -0.15) is 4.20 Å². The van der Waals surface area contributed by atoms with Gasteiger partial charge in [-0.3, -0.25) is 4.57 Å². The summed E-state index contributed by atoms with van der Waals surface area (Å²) in [5.41, 5.74) is 0. The molecule has 0 amide bonds. The summed E-state index contributed by atoms with van der Waals surface area (Å²) in [6.07, 6.45) is 0. The van der Waals surface area contributed by atoms with Crippen LogP contribution in [0, 0.1) is 0 Å². The van der Waals surface area contributed by atoms with Gasteiger partial charge in [0, 0.05) is 7.11 Å². The Labute approximate surface area is 62.8 Å². The zero-order valence-corrected chi connectivity index (χ0v) is 6.94. The number of halogens is 1. The van der Waals surface area contributed by atoms with E-state index in [1.807, 2.05) is 0 Å². The molecule has 0 fully saturated rings. The average Bonchev–Trinajstić information content (AvgIpc) is 1.35. The van der Waals surface area contributed by atoms with Gasteiger partial charge in [0.25, 0.3) is 0 Å². The van der Waals surface area contributed by atoms with E-state index >= 15 is 0 Å². The SMILES string of the molecule is COP(=O)([O-])F.[Na+]. The Morgan fingerprint density at radius 2 is 2.00 bits per heavy atom. The molecule has 3 nitrogen and oxygen atoms in total. The molecule has 0 N–H and O–H groups in total. The third-order valence-electron chi connectivity index (χ3n) is 0.218. The molecule has 1 unspecified atom stereocenters. The molecule has 1 atom stereocenters. The van der Waals surface area contributed by atoms with Gasteiger partial charge in [0.1, 0.15) is 0 Å². The van der Waals surface area contributed by atoms with E-state index < -0.39 is 7.91 Å². The maximum absolute atomic E-state index is 10.9. The first kappa shape index (κ1) is 11.0. The Morgan fingerprint density at radius 1 is 1.86 bits per heavy atom. The van der Waals surface area contributed by atoms with Crippen molar-refractivity contribution in [2.24, 2.45) is 0 Å². The van der Waals surface area contributed by atoms with Crippen LogP contribution in [-0.4, -0.2) is 7.11 Å². The minimum atomic E-state index is -4.90. The summed E-state index contributed by atoms with van der Waals surface area (Å²) >= 11 is 0. The molecule has 0 bridgehead atoms. The molecule has 0 aliphatic heterocycles. The molecule has 0 rings (SSSR count). The molecule has 6 heteroatoms. The maximum Gasteiger partial charge on any atom is 1.00 e. The second-order valence-electron chi connectivity index (χ2n) is 0.613. The molecule has 38 valence electrons. The van der Waals surface area contributed by atoms with E-state index in [1.165, 1.54) is 0 Å². The van der Waals surface area contributed by atoms with Crippen LogP contribution in [0.3, 0.4) is 0 Å². The zero-order chi connectivity index (χ0) is 5.21. The van der Waals surface area contributed by atoms with Crippen molar-refractivity contribution < 1.29 is 47.7 Å². The van der Waals surface area contributed by atoms with Crippen molar-refractivity contribution in [3.05, 3.63) is 0 Å². The van der Waals surface area contributed by atoms with Gasteiger partial charge in [0.05, 0.1) is 0 Å². The molecule has 0 aromatic rings. The molecular formula is CH3FNaO3P. The third kappa shape index (κ3) is 11.0. The molecule has 0 aromatic heterocycles. The largest absolute Gasteiger partial charge is 1.00 e. The molecule has 0 radical (unpaired) electrons. The van der Waals surface area contributed by atoms with Crippen LogP contribution in [0.15, 0.2) is 0 Å². The number of hydrogen-bond donors (Lipinski definition) is 0. The summed E-state index contributed by atoms with van der Waals surface area (Å²) in [6, 6.07) is 0. The van der Waals surface area contributed by atoms with E-state index in [1.54, 1.807) is 0 Å². The first-order valence-corrected chi connectivity index (χ1v) is 2.56. The molecule has 0 aliphatic rings. The quantitative estimate of drug-likeness (QED) is 0.286. The summed E-state index contributed by atoms with van der Waals surface area (Å²) in [7, 11) is -4.14. The van der Waals surface area contributed by atoms with Gasteiger partial charge in [-0.1, -0.05) is 0 Å². The predicted octanol–water partition coefficient (Wildman–Crippen LogP) is -2.93. The molecule has 0 aliphatic carbocycles. The van der Waals surface area contributed by atoms with Gasteiger partial charge in [-0.15, -0.1) is 0 Å². The first-order chi connectivity index (χ1) is 2.56. The van der Waals surface area contributed by atoms with E-state index in [9.17, 15) is 4.20 Å². The van der Waals surface area contributed by atoms with Crippen LogP contribution in [0.25, 0.3) is 0 Å². The van der Waals surface area contributed by atoms with Crippen molar-refractivity contribution in [2.45, 2.75) is 0 Å². The topological polar surface area (TPSA) is 49.4 Å². The van der Waals surface area contributed by atoms with Crippen molar-refractivity contribution in [2.75, 3.05) is 7.11 Å². The fraction of sp³-hybridized carbons (Fsp3) is 1.00. The standard InChI is InChI=1S/CH4FO3P.Na/c1-5-6(2,3)4;/h1H3,(H,3,4);/q;+1/p-1. The minimum Gasteiger partial charge on any atom is -0.753 e. The van der Waals surface area contributed by atoms with Crippen LogP contribution in [0.5, 0.6) is 0 Å². The van der Waals surface area contributed by atoms with Crippen molar-refractivity contribution >= 4 is 7.91 Å². The fourth-order valence-electron chi connectivity index (χ4n) is 0. The summed E-state index contributed by atoms with van der Waals surface area (Å²) in [6.45, 7) is 0.